The van der Waals surface area contributed by atoms with Crippen LogP contribution >= 0.6 is 15.9 Å². The van der Waals surface area contributed by atoms with Gasteiger partial charge in [-0.1, -0.05) is 35.2 Å². The summed E-state index contributed by atoms with van der Waals surface area (Å²) < 4.78 is 0. The van der Waals surface area contributed by atoms with Crippen LogP contribution in [0.2, 0.25) is 0 Å². The largest absolute Gasteiger partial charge is 2.00 e. The molecule has 0 spiro atoms. The summed E-state index contributed by atoms with van der Waals surface area (Å²) in [6.45, 7) is 3.77. The molecule has 0 aliphatic carbocycles. The number of hydrogen-bond acceptors (Lipinski definition) is 0. The van der Waals surface area contributed by atoms with Crippen molar-refractivity contribution >= 4 is 39.0 Å². The monoisotopic (exact) mass is 202 g/mol. The van der Waals surface area contributed by atoms with Gasteiger partial charge < -0.3 is 8.35 Å². The van der Waals surface area contributed by atoms with E-state index in [1.54, 1.807) is 0 Å². The maximum atomic E-state index is 3.77. The molecule has 0 aliphatic heterocycles. The Morgan fingerprint density at radius 2 is 1.67 bits per heavy atom. The second-order valence-corrected chi connectivity index (χ2v) is 2.75. The molecule has 0 amide bonds. The SMILES string of the molecule is [CH2-]CCCCCCBr.[H-].[Mg+2]. The number of halogens is 1. The molecule has 9 heavy (non-hydrogen) atoms. The number of hydrogen-bond donors (Lipinski definition) is 0. The molecule has 0 N–H and O–H groups in total. The minimum Gasteiger partial charge on any atom is -1.00 e. The maximum Gasteiger partial charge on any atom is 2.00 e. The standard InChI is InChI=1S/C7H14Br.Mg.H/c1-2-3-4-5-6-7-8;;/h1-7H2;;/q-1;+2;-1. The average Bonchev–Trinajstić information content (AvgIpc) is 1.81. The minimum atomic E-state index is 0. The van der Waals surface area contributed by atoms with Crippen molar-refractivity contribution in [3.05, 3.63) is 6.92 Å². The molecule has 0 radical (unpaired) electrons. The van der Waals surface area contributed by atoms with Gasteiger partial charge in [-0.25, -0.2) is 0 Å². The molecule has 2 heteroatoms. The number of unbranched alkanes of at least 4 members (excludes halogenated alkanes) is 4. The second-order valence-electron chi connectivity index (χ2n) is 1.96. The molecule has 0 rings (SSSR count). The van der Waals surface area contributed by atoms with E-state index in [2.05, 4.69) is 22.9 Å². The topological polar surface area (TPSA) is 0 Å². The summed E-state index contributed by atoms with van der Waals surface area (Å²) in [6, 6.07) is 0. The van der Waals surface area contributed by atoms with Crippen LogP contribution in [-0.2, 0) is 0 Å². The average molecular weight is 203 g/mol. The van der Waals surface area contributed by atoms with E-state index < -0.39 is 0 Å². The van der Waals surface area contributed by atoms with E-state index in [0.29, 0.717) is 0 Å². The smallest absolute Gasteiger partial charge is 1.00 e. The molecule has 0 bridgehead atoms. The van der Waals surface area contributed by atoms with E-state index in [0.717, 1.165) is 11.8 Å². The van der Waals surface area contributed by atoms with Crippen molar-refractivity contribution in [3.63, 3.8) is 0 Å². The van der Waals surface area contributed by atoms with Gasteiger partial charge in [0.2, 0.25) is 0 Å². The van der Waals surface area contributed by atoms with Crippen molar-refractivity contribution in [2.75, 3.05) is 5.33 Å². The van der Waals surface area contributed by atoms with E-state index in [1.165, 1.54) is 25.7 Å². The Labute approximate surface area is 84.6 Å². The summed E-state index contributed by atoms with van der Waals surface area (Å²) in [5, 5.41) is 1.16. The molecule has 0 atom stereocenters. The van der Waals surface area contributed by atoms with Crippen molar-refractivity contribution in [2.45, 2.75) is 32.1 Å². The van der Waals surface area contributed by atoms with Crippen molar-refractivity contribution in [3.8, 4) is 0 Å². The van der Waals surface area contributed by atoms with Crippen molar-refractivity contribution < 1.29 is 1.43 Å². The van der Waals surface area contributed by atoms with Crippen LogP contribution < -0.4 is 0 Å². The van der Waals surface area contributed by atoms with Gasteiger partial charge in [0.05, 0.1) is 0 Å². The van der Waals surface area contributed by atoms with Crippen LogP contribution in [0.15, 0.2) is 0 Å². The third-order valence-corrected chi connectivity index (χ3v) is 1.69. The Bertz CT molecular complexity index is 38.6. The Hall–Kier alpha value is 1.25. The first-order valence-corrected chi connectivity index (χ1v) is 4.39. The van der Waals surface area contributed by atoms with Gasteiger partial charge >= 0.3 is 23.1 Å². The van der Waals surface area contributed by atoms with E-state index >= 15 is 0 Å². The fraction of sp³-hybridized carbons (Fsp3) is 0.857. The first kappa shape index (κ1) is 12.9. The molecular weight excluding hydrogens is 188 g/mol. The summed E-state index contributed by atoms with van der Waals surface area (Å²) in [5.41, 5.74) is 0. The second kappa shape index (κ2) is 12.0. The van der Waals surface area contributed by atoms with Crippen LogP contribution in [-0.4, -0.2) is 28.4 Å². The third-order valence-electron chi connectivity index (χ3n) is 1.13. The predicted octanol–water partition coefficient (Wildman–Crippen LogP) is 2.90. The number of alkyl halides is 1. The molecule has 0 nitrogen and oxygen atoms in total. The fourth-order valence-electron chi connectivity index (χ4n) is 0.625. The van der Waals surface area contributed by atoms with Crippen LogP contribution in [0.1, 0.15) is 33.5 Å². The third kappa shape index (κ3) is 12.4. The van der Waals surface area contributed by atoms with Crippen LogP contribution in [0.3, 0.4) is 0 Å². The van der Waals surface area contributed by atoms with E-state index in [-0.39, 0.29) is 24.5 Å². The van der Waals surface area contributed by atoms with Gasteiger partial charge in [-0.05, 0) is 6.42 Å². The molecule has 0 aliphatic rings. The van der Waals surface area contributed by atoms with E-state index in [1.807, 2.05) is 0 Å². The molecule has 0 saturated carbocycles. The zero-order valence-electron chi connectivity index (χ0n) is 7.03. The summed E-state index contributed by atoms with van der Waals surface area (Å²) in [7, 11) is 0. The minimum absolute atomic E-state index is 0. The first-order chi connectivity index (χ1) is 3.91. The normalized spacial score (nSPS) is 8.67. The Kier molecular flexibility index (Phi) is 17.1. The molecule has 0 unspecified atom stereocenters. The summed E-state index contributed by atoms with van der Waals surface area (Å²) >= 11 is 3.39. The maximum absolute atomic E-state index is 3.77. The fourth-order valence-corrected chi connectivity index (χ4v) is 1.02. The summed E-state index contributed by atoms with van der Waals surface area (Å²) in [4.78, 5) is 0. The van der Waals surface area contributed by atoms with Crippen LogP contribution in [0.25, 0.3) is 0 Å². The van der Waals surface area contributed by atoms with Crippen LogP contribution in [0, 0.1) is 6.92 Å². The Balaban J connectivity index is -0.000000245. The van der Waals surface area contributed by atoms with Crippen molar-refractivity contribution in [2.24, 2.45) is 0 Å². The summed E-state index contributed by atoms with van der Waals surface area (Å²) in [5.74, 6) is 0. The molecule has 0 aromatic carbocycles. The Morgan fingerprint density at radius 1 is 1.11 bits per heavy atom. The molecule has 0 aromatic rings. The van der Waals surface area contributed by atoms with Crippen LogP contribution in [0.5, 0.6) is 0 Å². The van der Waals surface area contributed by atoms with E-state index in [4.69, 9.17) is 0 Å². The molecular formula is C7H15BrMg. The van der Waals surface area contributed by atoms with Gasteiger partial charge in [-0.3, -0.25) is 0 Å². The molecule has 0 saturated heterocycles. The van der Waals surface area contributed by atoms with Gasteiger partial charge in [0.25, 0.3) is 0 Å². The van der Waals surface area contributed by atoms with Gasteiger partial charge in [-0.2, -0.15) is 6.42 Å². The predicted molar refractivity (Wildman–Crippen MR) is 49.1 cm³/mol. The zero-order valence-corrected chi connectivity index (χ0v) is 9.04. The molecule has 52 valence electrons. The van der Waals surface area contributed by atoms with Gasteiger partial charge in [0, 0.05) is 5.33 Å². The van der Waals surface area contributed by atoms with E-state index in [9.17, 15) is 0 Å². The molecule has 0 aromatic heterocycles. The zero-order chi connectivity index (χ0) is 6.24. The summed E-state index contributed by atoms with van der Waals surface area (Å²) in [6.07, 6.45) is 6.44. The van der Waals surface area contributed by atoms with Gasteiger partial charge in [0.15, 0.2) is 0 Å². The first-order valence-electron chi connectivity index (χ1n) is 3.27. The number of rotatable bonds is 5. The molecule has 0 heterocycles. The van der Waals surface area contributed by atoms with Crippen molar-refractivity contribution in [1.82, 2.24) is 0 Å². The van der Waals surface area contributed by atoms with Gasteiger partial charge in [0.1, 0.15) is 0 Å². The quantitative estimate of drug-likeness (QED) is 0.279. The Morgan fingerprint density at radius 3 is 2.11 bits per heavy atom. The molecule has 0 fully saturated rings. The van der Waals surface area contributed by atoms with Gasteiger partial charge in [-0.15, -0.1) is 0 Å². The van der Waals surface area contributed by atoms with Crippen molar-refractivity contribution in [1.29, 1.82) is 0 Å². The van der Waals surface area contributed by atoms with Crippen LogP contribution in [0.4, 0.5) is 0 Å².